The van der Waals surface area contributed by atoms with Crippen LogP contribution < -0.4 is 10.1 Å². The Morgan fingerprint density at radius 3 is 2.48 bits per heavy atom. The fraction of sp³-hybridized carbons (Fsp3) is 0.458. The van der Waals surface area contributed by atoms with Crippen LogP contribution in [-0.2, 0) is 21.2 Å². The molecule has 33 heavy (non-hydrogen) atoms. The normalized spacial score (nSPS) is 14.9. The van der Waals surface area contributed by atoms with E-state index in [9.17, 15) is 17.6 Å². The van der Waals surface area contributed by atoms with Gasteiger partial charge in [-0.15, -0.1) is 0 Å². The Bertz CT molecular complexity index is 1040. The van der Waals surface area contributed by atoms with Crippen molar-refractivity contribution >= 4 is 21.6 Å². The van der Waals surface area contributed by atoms with Crippen molar-refractivity contribution in [2.45, 2.75) is 37.5 Å². The molecule has 1 aliphatic heterocycles. The second-order valence-corrected chi connectivity index (χ2v) is 10.2. The quantitative estimate of drug-likeness (QED) is 0.567. The van der Waals surface area contributed by atoms with Gasteiger partial charge in [0.1, 0.15) is 11.6 Å². The average molecular weight is 478 g/mol. The van der Waals surface area contributed by atoms with Crippen molar-refractivity contribution < 1.29 is 22.3 Å². The van der Waals surface area contributed by atoms with Crippen molar-refractivity contribution in [3.8, 4) is 5.75 Å². The lowest BCUT2D eigenvalue weighted by molar-refractivity contribution is -0.117. The van der Waals surface area contributed by atoms with Gasteiger partial charge in [0.25, 0.3) is 0 Å². The number of likely N-dealkylation sites (N-methyl/N-ethyl adjacent to an activating group) is 1. The summed E-state index contributed by atoms with van der Waals surface area (Å²) in [5.74, 6) is -0.122. The molecule has 3 rings (SSSR count). The predicted octanol–water partition coefficient (Wildman–Crippen LogP) is 3.51. The molecular formula is C24H32FN3O4S. The summed E-state index contributed by atoms with van der Waals surface area (Å²) in [5, 5.41) is 2.81. The molecule has 2 aromatic carbocycles. The number of nitrogens with zero attached hydrogens (tertiary/aromatic N) is 2. The Morgan fingerprint density at radius 2 is 1.82 bits per heavy atom. The van der Waals surface area contributed by atoms with Gasteiger partial charge in [-0.2, -0.15) is 4.31 Å². The largest absolute Gasteiger partial charge is 0.492 e. The Labute approximate surface area is 195 Å². The first kappa shape index (κ1) is 25.1. The lowest BCUT2D eigenvalue weighted by Gasteiger charge is -2.26. The number of sulfonamides is 1. The summed E-state index contributed by atoms with van der Waals surface area (Å²) in [6.45, 7) is 3.97. The Kier molecular flexibility index (Phi) is 8.82. The zero-order valence-electron chi connectivity index (χ0n) is 19.2. The number of nitrogens with one attached hydrogen (secondary N) is 1. The van der Waals surface area contributed by atoms with Gasteiger partial charge in [0.15, 0.2) is 0 Å². The minimum Gasteiger partial charge on any atom is -0.492 e. The number of anilines is 1. The van der Waals surface area contributed by atoms with E-state index in [1.807, 2.05) is 18.9 Å². The third-order valence-corrected chi connectivity index (χ3v) is 7.48. The molecule has 0 bridgehead atoms. The van der Waals surface area contributed by atoms with Crippen LogP contribution in [0, 0.1) is 5.82 Å². The van der Waals surface area contributed by atoms with Crippen molar-refractivity contribution in [1.29, 1.82) is 0 Å². The van der Waals surface area contributed by atoms with E-state index in [4.69, 9.17) is 4.74 Å². The fourth-order valence-corrected chi connectivity index (χ4v) is 5.33. The molecule has 0 saturated carbocycles. The predicted molar refractivity (Wildman–Crippen MR) is 126 cm³/mol. The number of piperidine rings is 1. The van der Waals surface area contributed by atoms with Crippen molar-refractivity contribution in [2.24, 2.45) is 0 Å². The summed E-state index contributed by atoms with van der Waals surface area (Å²) in [7, 11) is -1.80. The summed E-state index contributed by atoms with van der Waals surface area (Å²) in [5.41, 5.74) is 1.32. The van der Waals surface area contributed by atoms with E-state index < -0.39 is 10.0 Å². The summed E-state index contributed by atoms with van der Waals surface area (Å²) in [6, 6.07) is 10.9. The molecule has 1 aliphatic rings. The van der Waals surface area contributed by atoms with E-state index in [2.05, 4.69) is 5.32 Å². The number of hydrogen-bond acceptors (Lipinski definition) is 5. The molecule has 0 aliphatic carbocycles. The summed E-state index contributed by atoms with van der Waals surface area (Å²) >= 11 is 0. The molecule has 0 unspecified atom stereocenters. The average Bonchev–Trinajstić information content (AvgIpc) is 2.80. The second kappa shape index (κ2) is 11.6. The van der Waals surface area contributed by atoms with Crippen LogP contribution in [0.4, 0.5) is 10.1 Å². The van der Waals surface area contributed by atoms with Crippen LogP contribution in [0.2, 0.25) is 0 Å². The highest BCUT2D eigenvalue weighted by atomic mass is 32.2. The van der Waals surface area contributed by atoms with Crippen molar-refractivity contribution in [1.82, 2.24) is 9.21 Å². The smallest absolute Gasteiger partial charge is 0.243 e. The standard InChI is InChI=1S/C24H32FN3O4S/c1-3-32-23-12-11-21(33(30,31)28-14-5-4-6-15-28)17-22(23)26-24(29)18-27(2)16-13-19-7-9-20(25)10-8-19/h7-12,17H,3-6,13-16,18H2,1-2H3,(H,26,29). The van der Waals surface area contributed by atoms with Gasteiger partial charge in [0, 0.05) is 19.6 Å². The van der Waals surface area contributed by atoms with E-state index in [-0.39, 0.29) is 23.2 Å². The van der Waals surface area contributed by atoms with Gasteiger partial charge in [-0.05, 0) is 69.1 Å². The summed E-state index contributed by atoms with van der Waals surface area (Å²) in [6.07, 6.45) is 3.41. The third kappa shape index (κ3) is 6.99. The number of carbonyl (C=O) groups excluding carboxylic acids is 1. The van der Waals surface area contributed by atoms with Gasteiger partial charge < -0.3 is 10.1 Å². The molecule has 7 nitrogen and oxygen atoms in total. The third-order valence-electron chi connectivity index (χ3n) is 5.59. The highest BCUT2D eigenvalue weighted by molar-refractivity contribution is 7.89. The van der Waals surface area contributed by atoms with Crippen LogP contribution >= 0.6 is 0 Å². The maximum Gasteiger partial charge on any atom is 0.243 e. The number of ether oxygens (including phenoxy) is 1. The molecular weight excluding hydrogens is 445 g/mol. The second-order valence-electron chi connectivity index (χ2n) is 8.22. The van der Waals surface area contributed by atoms with Gasteiger partial charge in [0.05, 0.1) is 23.7 Å². The fourth-order valence-electron chi connectivity index (χ4n) is 3.79. The lowest BCUT2D eigenvalue weighted by Crippen LogP contribution is -2.35. The van der Waals surface area contributed by atoms with Gasteiger partial charge in [0.2, 0.25) is 15.9 Å². The van der Waals surface area contributed by atoms with Crippen molar-refractivity contribution in [3.63, 3.8) is 0 Å². The molecule has 0 radical (unpaired) electrons. The van der Waals surface area contributed by atoms with Crippen molar-refractivity contribution in [3.05, 3.63) is 53.8 Å². The van der Waals surface area contributed by atoms with Crippen LogP contribution in [0.5, 0.6) is 5.75 Å². The van der Waals surface area contributed by atoms with Crippen LogP contribution in [-0.4, -0.2) is 63.4 Å². The first-order chi connectivity index (χ1) is 15.8. The monoisotopic (exact) mass is 477 g/mol. The van der Waals surface area contributed by atoms with Gasteiger partial charge in [-0.25, -0.2) is 12.8 Å². The van der Waals surface area contributed by atoms with E-state index >= 15 is 0 Å². The maximum atomic E-state index is 13.1. The number of halogens is 1. The minimum atomic E-state index is -3.63. The highest BCUT2D eigenvalue weighted by Gasteiger charge is 2.27. The van der Waals surface area contributed by atoms with Gasteiger partial charge in [-0.1, -0.05) is 18.6 Å². The summed E-state index contributed by atoms with van der Waals surface area (Å²) in [4.78, 5) is 14.7. The van der Waals surface area contributed by atoms with Gasteiger partial charge >= 0.3 is 0 Å². The lowest BCUT2D eigenvalue weighted by atomic mass is 10.1. The molecule has 0 atom stereocenters. The van der Waals surface area contributed by atoms with Gasteiger partial charge in [-0.3, -0.25) is 9.69 Å². The SMILES string of the molecule is CCOc1ccc(S(=O)(=O)N2CCCCC2)cc1NC(=O)CN(C)CCc1ccc(F)cc1. The molecule has 1 saturated heterocycles. The number of rotatable bonds is 10. The molecule has 1 fully saturated rings. The first-order valence-corrected chi connectivity index (χ1v) is 12.7. The van der Waals surface area contributed by atoms with E-state index in [1.165, 1.54) is 28.6 Å². The molecule has 0 spiro atoms. The number of hydrogen-bond donors (Lipinski definition) is 1. The van der Waals surface area contributed by atoms with Crippen molar-refractivity contribution in [2.75, 3.05) is 45.2 Å². The topological polar surface area (TPSA) is 79.0 Å². The Balaban J connectivity index is 1.66. The van der Waals surface area contributed by atoms with Crippen LogP contribution in [0.25, 0.3) is 0 Å². The number of carbonyl (C=O) groups is 1. The summed E-state index contributed by atoms with van der Waals surface area (Å²) < 4.78 is 46.3. The zero-order valence-corrected chi connectivity index (χ0v) is 20.0. The van der Waals surface area contributed by atoms with Crippen LogP contribution in [0.1, 0.15) is 31.7 Å². The number of amides is 1. The Hall–Kier alpha value is -2.49. The van der Waals surface area contributed by atoms with E-state index in [1.54, 1.807) is 18.2 Å². The molecule has 180 valence electrons. The van der Waals surface area contributed by atoms with E-state index in [0.717, 1.165) is 24.8 Å². The highest BCUT2D eigenvalue weighted by Crippen LogP contribution is 2.30. The molecule has 1 amide bonds. The number of benzene rings is 2. The molecule has 0 aromatic heterocycles. The maximum absolute atomic E-state index is 13.1. The molecule has 1 heterocycles. The molecule has 1 N–H and O–H groups in total. The molecule has 2 aromatic rings. The van der Waals surface area contributed by atoms with Crippen LogP contribution in [0.3, 0.4) is 0 Å². The first-order valence-electron chi connectivity index (χ1n) is 11.3. The molecule has 9 heteroatoms. The zero-order chi connectivity index (χ0) is 23.8. The Morgan fingerprint density at radius 1 is 1.12 bits per heavy atom. The van der Waals surface area contributed by atoms with Crippen LogP contribution in [0.15, 0.2) is 47.4 Å². The minimum absolute atomic E-state index is 0.121. The van der Waals surface area contributed by atoms with E-state index in [0.29, 0.717) is 44.1 Å².